The number of rotatable bonds is 8. The highest BCUT2D eigenvalue weighted by molar-refractivity contribution is 9.09. The molecular weight excluding hydrogens is 516 g/mol. The van der Waals surface area contributed by atoms with E-state index in [1.165, 1.54) is 24.0 Å². The van der Waals surface area contributed by atoms with Crippen molar-refractivity contribution in [1.29, 1.82) is 0 Å². The summed E-state index contributed by atoms with van der Waals surface area (Å²) in [6.45, 7) is 0.388. The van der Waals surface area contributed by atoms with Gasteiger partial charge in [0.15, 0.2) is 0 Å². The maximum Gasteiger partial charge on any atom is 0.220 e. The van der Waals surface area contributed by atoms with Gasteiger partial charge in [0.05, 0.1) is 22.7 Å². The summed E-state index contributed by atoms with van der Waals surface area (Å²) in [5, 5.41) is 15.9. The molecule has 3 aromatic rings. The van der Waals surface area contributed by atoms with Gasteiger partial charge in [-0.15, -0.1) is 0 Å². The molecule has 2 aliphatic rings. The number of halogens is 2. The van der Waals surface area contributed by atoms with Crippen LogP contribution in [0.3, 0.4) is 0 Å². The topological polar surface area (TPSA) is 63.5 Å². The quantitative estimate of drug-likeness (QED) is 0.357. The van der Waals surface area contributed by atoms with E-state index in [1.54, 1.807) is 0 Å². The second-order valence-corrected chi connectivity index (χ2v) is 10.7. The molecular formula is C27H30BrClN2O3. The van der Waals surface area contributed by atoms with Crippen molar-refractivity contribution in [3.05, 3.63) is 70.4 Å². The Balaban J connectivity index is 1.39. The lowest BCUT2D eigenvalue weighted by molar-refractivity contribution is -0.133. The van der Waals surface area contributed by atoms with Crippen LogP contribution in [-0.2, 0) is 16.0 Å². The Morgan fingerprint density at radius 1 is 1.18 bits per heavy atom. The zero-order valence-electron chi connectivity index (χ0n) is 19.1. The standard InChI is InChI=1S/C27H30BrClN2O3/c28-11-10-25(33)30-15-22-13-21(32)14-26(34-22)31-16-20(27-23(29)2-1-3-24(27)31)12-17-4-6-18(7-5-17)19-8-9-19/h1-7,16,19,21-22,26,32H,8-15H2,(H,30,33). The Bertz CT molecular complexity index is 1160. The van der Waals surface area contributed by atoms with E-state index < -0.39 is 6.10 Å². The highest BCUT2D eigenvalue weighted by Gasteiger charge is 2.31. The number of nitrogens with one attached hydrogen (secondary N) is 1. The second-order valence-electron chi connectivity index (χ2n) is 9.47. The van der Waals surface area contributed by atoms with Gasteiger partial charge in [0, 0.05) is 42.7 Å². The molecule has 1 saturated heterocycles. The van der Waals surface area contributed by atoms with E-state index in [4.69, 9.17) is 16.3 Å². The maximum absolute atomic E-state index is 11.9. The summed E-state index contributed by atoms with van der Waals surface area (Å²) in [7, 11) is 0. The SMILES string of the molecule is O=C(CCBr)NCC1CC(O)CC(n2cc(Cc3ccc(C4CC4)cc3)c3c(Cl)cccc32)O1. The smallest absolute Gasteiger partial charge is 0.220 e. The van der Waals surface area contributed by atoms with E-state index in [2.05, 4.69) is 62.3 Å². The number of aliphatic hydroxyl groups excluding tert-OH is 1. The third kappa shape index (κ3) is 5.35. The van der Waals surface area contributed by atoms with Crippen molar-refractivity contribution < 1.29 is 14.6 Å². The minimum Gasteiger partial charge on any atom is -0.393 e. The normalized spacial score (nSPS) is 22.7. The van der Waals surface area contributed by atoms with Gasteiger partial charge in [-0.1, -0.05) is 57.9 Å². The van der Waals surface area contributed by atoms with Crippen LogP contribution in [0.15, 0.2) is 48.7 Å². The van der Waals surface area contributed by atoms with Crippen molar-refractivity contribution in [2.24, 2.45) is 0 Å². The van der Waals surface area contributed by atoms with Crippen LogP contribution in [0.5, 0.6) is 0 Å². The number of carbonyl (C=O) groups is 1. The summed E-state index contributed by atoms with van der Waals surface area (Å²) in [4.78, 5) is 11.9. The van der Waals surface area contributed by atoms with Gasteiger partial charge in [0.25, 0.3) is 0 Å². The number of amides is 1. The number of hydrogen-bond donors (Lipinski definition) is 2. The maximum atomic E-state index is 11.9. The highest BCUT2D eigenvalue weighted by atomic mass is 79.9. The van der Waals surface area contributed by atoms with Crippen LogP contribution in [-0.4, -0.2) is 39.7 Å². The van der Waals surface area contributed by atoms with Gasteiger partial charge in [-0.05, 0) is 54.0 Å². The number of nitrogens with zero attached hydrogens (tertiary/aromatic N) is 1. The van der Waals surface area contributed by atoms with Gasteiger partial charge in [-0.3, -0.25) is 4.79 Å². The zero-order chi connectivity index (χ0) is 23.7. The van der Waals surface area contributed by atoms with Crippen LogP contribution in [0, 0.1) is 0 Å². The van der Waals surface area contributed by atoms with E-state index in [0.29, 0.717) is 31.1 Å². The molecule has 180 valence electrons. The average Bonchev–Trinajstić information content (AvgIpc) is 3.60. The van der Waals surface area contributed by atoms with Crippen LogP contribution >= 0.6 is 27.5 Å². The molecule has 2 aromatic carbocycles. The third-order valence-electron chi connectivity index (χ3n) is 6.83. The Morgan fingerprint density at radius 2 is 1.97 bits per heavy atom. The molecule has 1 aliphatic heterocycles. The predicted molar refractivity (Wildman–Crippen MR) is 139 cm³/mol. The van der Waals surface area contributed by atoms with Crippen molar-refractivity contribution >= 4 is 44.3 Å². The second kappa shape index (κ2) is 10.4. The number of benzene rings is 2. The molecule has 2 N–H and O–H groups in total. The lowest BCUT2D eigenvalue weighted by atomic mass is 10.0. The molecule has 2 heterocycles. The number of aliphatic hydroxyl groups is 1. The van der Waals surface area contributed by atoms with Crippen molar-refractivity contribution in [1.82, 2.24) is 9.88 Å². The predicted octanol–water partition coefficient (Wildman–Crippen LogP) is 5.70. The zero-order valence-corrected chi connectivity index (χ0v) is 21.4. The molecule has 1 amide bonds. The van der Waals surface area contributed by atoms with Gasteiger partial charge < -0.3 is 19.7 Å². The summed E-state index contributed by atoms with van der Waals surface area (Å²) < 4.78 is 8.47. The van der Waals surface area contributed by atoms with Crippen LogP contribution in [0.4, 0.5) is 0 Å². The van der Waals surface area contributed by atoms with E-state index in [1.807, 2.05) is 12.1 Å². The number of fused-ring (bicyclic) bond motifs is 1. The number of carbonyl (C=O) groups excluding carboxylic acids is 1. The summed E-state index contributed by atoms with van der Waals surface area (Å²) >= 11 is 9.96. The van der Waals surface area contributed by atoms with Gasteiger partial charge in [-0.2, -0.15) is 0 Å². The van der Waals surface area contributed by atoms with Crippen LogP contribution in [0.1, 0.15) is 60.9 Å². The minimum atomic E-state index is -0.494. The molecule has 7 heteroatoms. The molecule has 3 atom stereocenters. The Hall–Kier alpha value is -1.86. The molecule has 1 aromatic heterocycles. The number of aromatic nitrogens is 1. The van der Waals surface area contributed by atoms with Crippen LogP contribution in [0.2, 0.25) is 5.02 Å². The molecule has 1 saturated carbocycles. The fraction of sp³-hybridized carbons (Fsp3) is 0.444. The molecule has 0 radical (unpaired) electrons. The summed E-state index contributed by atoms with van der Waals surface area (Å²) in [6.07, 6.45) is 5.86. The van der Waals surface area contributed by atoms with E-state index in [0.717, 1.165) is 33.8 Å². The summed E-state index contributed by atoms with van der Waals surface area (Å²) in [5.41, 5.74) is 4.83. The van der Waals surface area contributed by atoms with Gasteiger partial charge in [0.1, 0.15) is 6.23 Å². The summed E-state index contributed by atoms with van der Waals surface area (Å²) in [6, 6.07) is 14.9. The van der Waals surface area contributed by atoms with Crippen molar-refractivity contribution in [3.8, 4) is 0 Å². The number of hydrogen-bond acceptors (Lipinski definition) is 3. The largest absolute Gasteiger partial charge is 0.393 e. The fourth-order valence-electron chi connectivity index (χ4n) is 4.94. The van der Waals surface area contributed by atoms with E-state index in [9.17, 15) is 9.90 Å². The lowest BCUT2D eigenvalue weighted by Crippen LogP contribution is -2.41. The van der Waals surface area contributed by atoms with Crippen molar-refractivity contribution in [2.45, 2.75) is 62.9 Å². The molecule has 5 rings (SSSR count). The molecule has 3 unspecified atom stereocenters. The molecule has 1 aliphatic carbocycles. The Morgan fingerprint density at radius 3 is 2.71 bits per heavy atom. The van der Waals surface area contributed by atoms with Gasteiger partial charge >= 0.3 is 0 Å². The number of alkyl halides is 1. The molecule has 2 fully saturated rings. The van der Waals surface area contributed by atoms with Crippen molar-refractivity contribution in [2.75, 3.05) is 11.9 Å². The average molecular weight is 546 g/mol. The van der Waals surface area contributed by atoms with Gasteiger partial charge in [-0.25, -0.2) is 0 Å². The molecule has 5 nitrogen and oxygen atoms in total. The first-order valence-corrected chi connectivity index (χ1v) is 13.5. The third-order valence-corrected chi connectivity index (χ3v) is 7.54. The minimum absolute atomic E-state index is 0.0229. The van der Waals surface area contributed by atoms with E-state index >= 15 is 0 Å². The monoisotopic (exact) mass is 544 g/mol. The first-order chi connectivity index (χ1) is 16.5. The highest BCUT2D eigenvalue weighted by Crippen LogP contribution is 2.40. The Kier molecular flexibility index (Phi) is 7.30. The first-order valence-electron chi connectivity index (χ1n) is 12.0. The summed E-state index contributed by atoms with van der Waals surface area (Å²) in [5.74, 6) is 0.725. The van der Waals surface area contributed by atoms with Crippen molar-refractivity contribution in [3.63, 3.8) is 0 Å². The molecule has 0 bridgehead atoms. The number of ether oxygens (including phenoxy) is 1. The van der Waals surface area contributed by atoms with E-state index in [-0.39, 0.29) is 18.2 Å². The van der Waals surface area contributed by atoms with Crippen LogP contribution in [0.25, 0.3) is 10.9 Å². The lowest BCUT2D eigenvalue weighted by Gasteiger charge is -2.34. The van der Waals surface area contributed by atoms with Gasteiger partial charge in [0.2, 0.25) is 5.91 Å². The first kappa shape index (κ1) is 23.9. The fourth-order valence-corrected chi connectivity index (χ4v) is 5.59. The molecule has 0 spiro atoms. The van der Waals surface area contributed by atoms with Crippen LogP contribution < -0.4 is 5.32 Å². The Labute approximate surface area is 213 Å². The molecule has 34 heavy (non-hydrogen) atoms.